The predicted octanol–water partition coefficient (Wildman–Crippen LogP) is 3.31. The minimum atomic E-state index is -0.334. The highest BCUT2D eigenvalue weighted by Gasteiger charge is 2.24. The number of benzene rings is 1. The Bertz CT molecular complexity index is 325. The molecule has 1 unspecified atom stereocenters. The van der Waals surface area contributed by atoms with Gasteiger partial charge in [-0.3, -0.25) is 0 Å². The first-order valence-electron chi connectivity index (χ1n) is 5.87. The molecular formula is C14H23NO. The average Bonchev–Trinajstić information content (AvgIpc) is 2.17. The Hall–Kier alpha value is -1.02. The molecule has 0 aliphatic rings. The highest BCUT2D eigenvalue weighted by molar-refractivity contribution is 5.29. The summed E-state index contributed by atoms with van der Waals surface area (Å²) in [6, 6.07) is 8.24. The summed E-state index contributed by atoms with van der Waals surface area (Å²) in [5.41, 5.74) is 6.86. The molecular weight excluding hydrogens is 198 g/mol. The zero-order valence-corrected chi connectivity index (χ0v) is 10.9. The van der Waals surface area contributed by atoms with E-state index in [-0.39, 0.29) is 11.6 Å². The molecule has 0 fully saturated rings. The Kier molecular flexibility index (Phi) is 3.98. The average molecular weight is 221 g/mol. The van der Waals surface area contributed by atoms with Crippen LogP contribution in [0.3, 0.4) is 0 Å². The second-order valence-corrected chi connectivity index (χ2v) is 5.22. The molecule has 90 valence electrons. The van der Waals surface area contributed by atoms with Crippen LogP contribution in [0.5, 0.6) is 5.75 Å². The molecule has 0 bridgehead atoms. The van der Waals surface area contributed by atoms with Crippen molar-refractivity contribution >= 4 is 0 Å². The lowest BCUT2D eigenvalue weighted by Gasteiger charge is -2.30. The lowest BCUT2D eigenvalue weighted by molar-refractivity contribution is 0.0860. The number of rotatable bonds is 4. The molecule has 0 radical (unpaired) electrons. The molecule has 0 aliphatic heterocycles. The van der Waals surface area contributed by atoms with Crippen molar-refractivity contribution in [3.8, 4) is 5.75 Å². The maximum Gasteiger partial charge on any atom is 0.120 e. The number of hydrogen-bond donors (Lipinski definition) is 1. The first kappa shape index (κ1) is 13.0. The molecule has 0 spiro atoms. The van der Waals surface area contributed by atoms with Gasteiger partial charge in [0.2, 0.25) is 0 Å². The summed E-state index contributed by atoms with van der Waals surface area (Å²) in [5.74, 6) is 1.43. The number of hydrogen-bond acceptors (Lipinski definition) is 2. The molecule has 2 nitrogen and oxygen atoms in total. The van der Waals surface area contributed by atoms with Gasteiger partial charge < -0.3 is 10.5 Å². The fourth-order valence-electron chi connectivity index (χ4n) is 1.32. The Balaban J connectivity index is 2.76. The van der Waals surface area contributed by atoms with Crippen LogP contribution in [0.1, 0.15) is 46.1 Å². The normalized spacial score (nSPS) is 13.9. The van der Waals surface area contributed by atoms with Crippen molar-refractivity contribution in [2.75, 3.05) is 0 Å². The SMILES string of the molecule is CC(C)c1ccc(OC(C)(C)C(C)N)cc1. The first-order valence-corrected chi connectivity index (χ1v) is 5.87. The Labute approximate surface area is 98.8 Å². The summed E-state index contributed by atoms with van der Waals surface area (Å²) in [5, 5.41) is 0. The summed E-state index contributed by atoms with van der Waals surface area (Å²) in [6.07, 6.45) is 0. The van der Waals surface area contributed by atoms with Crippen LogP contribution >= 0.6 is 0 Å². The van der Waals surface area contributed by atoms with Gasteiger partial charge >= 0.3 is 0 Å². The maximum atomic E-state index is 5.87. The van der Waals surface area contributed by atoms with Crippen LogP contribution in [0.25, 0.3) is 0 Å². The van der Waals surface area contributed by atoms with Gasteiger partial charge in [0.1, 0.15) is 11.4 Å². The third kappa shape index (κ3) is 3.24. The molecule has 0 aliphatic carbocycles. The number of nitrogens with two attached hydrogens (primary N) is 1. The third-order valence-corrected chi connectivity index (χ3v) is 3.02. The minimum absolute atomic E-state index is 0.00252. The van der Waals surface area contributed by atoms with Crippen LogP contribution in [0.4, 0.5) is 0 Å². The summed E-state index contributed by atoms with van der Waals surface area (Å²) in [7, 11) is 0. The third-order valence-electron chi connectivity index (χ3n) is 3.02. The number of ether oxygens (including phenoxy) is 1. The van der Waals surface area contributed by atoms with Gasteiger partial charge in [0.25, 0.3) is 0 Å². The van der Waals surface area contributed by atoms with Gasteiger partial charge in [-0.25, -0.2) is 0 Å². The van der Waals surface area contributed by atoms with Crippen molar-refractivity contribution in [2.24, 2.45) is 5.73 Å². The molecule has 0 heterocycles. The van der Waals surface area contributed by atoms with E-state index in [2.05, 4.69) is 26.0 Å². The Morgan fingerprint density at radius 2 is 1.56 bits per heavy atom. The fourth-order valence-corrected chi connectivity index (χ4v) is 1.32. The monoisotopic (exact) mass is 221 g/mol. The second kappa shape index (κ2) is 4.88. The topological polar surface area (TPSA) is 35.2 Å². The molecule has 0 saturated heterocycles. The van der Waals surface area contributed by atoms with Gasteiger partial charge in [-0.15, -0.1) is 0 Å². The minimum Gasteiger partial charge on any atom is -0.486 e. The van der Waals surface area contributed by atoms with Crippen molar-refractivity contribution in [1.29, 1.82) is 0 Å². The Morgan fingerprint density at radius 3 is 1.94 bits per heavy atom. The molecule has 0 aromatic heterocycles. The maximum absolute atomic E-state index is 5.87. The van der Waals surface area contributed by atoms with Gasteiger partial charge in [0, 0.05) is 6.04 Å². The van der Waals surface area contributed by atoms with Gasteiger partial charge in [0.15, 0.2) is 0 Å². The molecule has 16 heavy (non-hydrogen) atoms. The quantitative estimate of drug-likeness (QED) is 0.846. The summed E-state index contributed by atoms with van der Waals surface area (Å²) < 4.78 is 5.87. The zero-order chi connectivity index (χ0) is 12.3. The highest BCUT2D eigenvalue weighted by atomic mass is 16.5. The van der Waals surface area contributed by atoms with Gasteiger partial charge in [-0.2, -0.15) is 0 Å². The van der Waals surface area contributed by atoms with Crippen LogP contribution in [-0.4, -0.2) is 11.6 Å². The smallest absolute Gasteiger partial charge is 0.120 e. The van der Waals surface area contributed by atoms with E-state index in [0.717, 1.165) is 5.75 Å². The van der Waals surface area contributed by atoms with Crippen LogP contribution in [0.15, 0.2) is 24.3 Å². The van der Waals surface area contributed by atoms with Crippen LogP contribution in [0.2, 0.25) is 0 Å². The van der Waals surface area contributed by atoms with E-state index in [1.165, 1.54) is 5.56 Å². The molecule has 1 aromatic carbocycles. The molecule has 1 rings (SSSR count). The molecule has 0 amide bonds. The van der Waals surface area contributed by atoms with E-state index >= 15 is 0 Å². The summed E-state index contributed by atoms with van der Waals surface area (Å²) in [6.45, 7) is 10.3. The van der Waals surface area contributed by atoms with Crippen molar-refractivity contribution in [1.82, 2.24) is 0 Å². The second-order valence-electron chi connectivity index (χ2n) is 5.22. The predicted molar refractivity (Wildman–Crippen MR) is 68.9 cm³/mol. The first-order chi connectivity index (χ1) is 7.33. The van der Waals surface area contributed by atoms with Crippen molar-refractivity contribution in [3.63, 3.8) is 0 Å². The van der Waals surface area contributed by atoms with Crippen LogP contribution < -0.4 is 10.5 Å². The van der Waals surface area contributed by atoms with E-state index in [1.54, 1.807) is 0 Å². The van der Waals surface area contributed by atoms with E-state index in [9.17, 15) is 0 Å². The van der Waals surface area contributed by atoms with Crippen molar-refractivity contribution in [3.05, 3.63) is 29.8 Å². The van der Waals surface area contributed by atoms with Gasteiger partial charge in [-0.1, -0.05) is 26.0 Å². The Morgan fingerprint density at radius 1 is 1.06 bits per heavy atom. The summed E-state index contributed by atoms with van der Waals surface area (Å²) >= 11 is 0. The van der Waals surface area contributed by atoms with Gasteiger partial charge in [0.05, 0.1) is 0 Å². The molecule has 1 aromatic rings. The highest BCUT2D eigenvalue weighted by Crippen LogP contribution is 2.23. The lowest BCUT2D eigenvalue weighted by atomic mass is 10.0. The lowest BCUT2D eigenvalue weighted by Crippen LogP contribution is -2.45. The van der Waals surface area contributed by atoms with E-state index < -0.39 is 0 Å². The molecule has 1 atom stereocenters. The molecule has 2 heteroatoms. The zero-order valence-electron chi connectivity index (χ0n) is 10.9. The molecule has 2 N–H and O–H groups in total. The van der Waals surface area contributed by atoms with E-state index in [1.807, 2.05) is 32.9 Å². The molecule has 0 saturated carbocycles. The van der Waals surface area contributed by atoms with E-state index in [4.69, 9.17) is 10.5 Å². The standard InChI is InChI=1S/C14H23NO/c1-10(2)12-6-8-13(9-7-12)16-14(4,5)11(3)15/h6-11H,15H2,1-5H3. The van der Waals surface area contributed by atoms with E-state index in [0.29, 0.717) is 5.92 Å². The summed E-state index contributed by atoms with van der Waals surface area (Å²) in [4.78, 5) is 0. The van der Waals surface area contributed by atoms with Crippen LogP contribution in [0, 0.1) is 0 Å². The van der Waals surface area contributed by atoms with Gasteiger partial charge in [-0.05, 0) is 44.4 Å². The fraction of sp³-hybridized carbons (Fsp3) is 0.571. The van der Waals surface area contributed by atoms with Crippen molar-refractivity contribution in [2.45, 2.75) is 52.2 Å². The van der Waals surface area contributed by atoms with Crippen molar-refractivity contribution < 1.29 is 4.74 Å². The van der Waals surface area contributed by atoms with Crippen LogP contribution in [-0.2, 0) is 0 Å². The largest absolute Gasteiger partial charge is 0.486 e.